The number of nitrogens with one attached hydrogen (secondary N) is 2. The van der Waals surface area contributed by atoms with Crippen LogP contribution in [0, 0.1) is 13.8 Å². The standard InChI is InChI=1S/C22H20N4O3S2/c1-14-11-12-17(13-15(14)2)23-22(27)20(16-7-4-3-5-8-16)26-31(28,29)19-10-6-9-18-21(19)25-30-24-18/h3-13,20,26H,1-2H3,(H,23,27). The van der Waals surface area contributed by atoms with Crippen LogP contribution in [-0.4, -0.2) is 23.1 Å². The normalized spacial score (nSPS) is 12.6. The van der Waals surface area contributed by atoms with Gasteiger partial charge in [-0.1, -0.05) is 42.5 Å². The highest BCUT2D eigenvalue weighted by molar-refractivity contribution is 7.89. The first-order valence-electron chi connectivity index (χ1n) is 9.52. The quantitative estimate of drug-likeness (QED) is 0.461. The Bertz CT molecular complexity index is 1350. The predicted molar refractivity (Wildman–Crippen MR) is 121 cm³/mol. The van der Waals surface area contributed by atoms with E-state index in [0.29, 0.717) is 16.8 Å². The van der Waals surface area contributed by atoms with E-state index in [4.69, 9.17) is 0 Å². The van der Waals surface area contributed by atoms with E-state index in [1.165, 1.54) is 6.07 Å². The summed E-state index contributed by atoms with van der Waals surface area (Å²) in [6, 6.07) is 17.9. The maximum atomic E-state index is 13.2. The van der Waals surface area contributed by atoms with Gasteiger partial charge in [-0.25, -0.2) is 8.42 Å². The zero-order chi connectivity index (χ0) is 22.0. The van der Waals surface area contributed by atoms with Gasteiger partial charge in [0.1, 0.15) is 22.0 Å². The van der Waals surface area contributed by atoms with E-state index in [2.05, 4.69) is 18.8 Å². The van der Waals surface area contributed by atoms with Gasteiger partial charge in [0.25, 0.3) is 0 Å². The van der Waals surface area contributed by atoms with Crippen LogP contribution in [0.15, 0.2) is 71.6 Å². The minimum atomic E-state index is -4.06. The highest BCUT2D eigenvalue weighted by Crippen LogP contribution is 2.25. The van der Waals surface area contributed by atoms with Crippen molar-refractivity contribution in [2.24, 2.45) is 0 Å². The molecule has 4 rings (SSSR count). The third-order valence-electron chi connectivity index (χ3n) is 4.98. The number of anilines is 1. The van der Waals surface area contributed by atoms with Crippen LogP contribution in [0.5, 0.6) is 0 Å². The van der Waals surface area contributed by atoms with Gasteiger partial charge < -0.3 is 5.32 Å². The molecule has 2 N–H and O–H groups in total. The molecule has 1 unspecified atom stereocenters. The highest BCUT2D eigenvalue weighted by Gasteiger charge is 2.29. The molecule has 4 aromatic rings. The number of carbonyl (C=O) groups is 1. The molecule has 0 aliphatic carbocycles. The smallest absolute Gasteiger partial charge is 0.247 e. The summed E-state index contributed by atoms with van der Waals surface area (Å²) in [7, 11) is -4.06. The Hall–Kier alpha value is -3.14. The lowest BCUT2D eigenvalue weighted by Crippen LogP contribution is -2.37. The molecule has 1 heterocycles. The molecule has 0 aliphatic heterocycles. The third-order valence-corrected chi connectivity index (χ3v) is 6.98. The SMILES string of the molecule is Cc1ccc(NC(=O)C(NS(=O)(=O)c2cccc3nsnc23)c2ccccc2)cc1C. The van der Waals surface area contributed by atoms with Gasteiger partial charge in [0, 0.05) is 5.69 Å². The molecule has 9 heteroatoms. The zero-order valence-electron chi connectivity index (χ0n) is 16.9. The van der Waals surface area contributed by atoms with Crippen LogP contribution in [-0.2, 0) is 14.8 Å². The van der Waals surface area contributed by atoms with Crippen molar-refractivity contribution in [3.05, 3.63) is 83.4 Å². The summed E-state index contributed by atoms with van der Waals surface area (Å²) in [5.41, 5.74) is 4.01. The maximum absolute atomic E-state index is 13.2. The molecule has 0 spiro atoms. The Morgan fingerprint density at radius 1 is 0.935 bits per heavy atom. The van der Waals surface area contributed by atoms with E-state index >= 15 is 0 Å². The molecular formula is C22H20N4O3S2. The summed E-state index contributed by atoms with van der Waals surface area (Å²) in [6.45, 7) is 3.93. The van der Waals surface area contributed by atoms with Crippen LogP contribution >= 0.6 is 11.7 Å². The number of sulfonamides is 1. The third kappa shape index (κ3) is 4.48. The van der Waals surface area contributed by atoms with E-state index in [1.54, 1.807) is 48.5 Å². The number of aromatic nitrogens is 2. The maximum Gasteiger partial charge on any atom is 0.247 e. The van der Waals surface area contributed by atoms with Gasteiger partial charge >= 0.3 is 0 Å². The lowest BCUT2D eigenvalue weighted by molar-refractivity contribution is -0.117. The fourth-order valence-corrected chi connectivity index (χ4v) is 5.12. The lowest BCUT2D eigenvalue weighted by Gasteiger charge is -2.19. The highest BCUT2D eigenvalue weighted by atomic mass is 32.2. The molecule has 0 fully saturated rings. The molecule has 1 amide bonds. The van der Waals surface area contributed by atoms with E-state index in [1.807, 2.05) is 26.0 Å². The monoisotopic (exact) mass is 452 g/mol. The predicted octanol–water partition coefficient (Wildman–Crippen LogP) is 3.97. The van der Waals surface area contributed by atoms with E-state index < -0.39 is 22.0 Å². The van der Waals surface area contributed by atoms with Crippen LogP contribution in [0.2, 0.25) is 0 Å². The molecule has 0 aliphatic rings. The second-order valence-corrected chi connectivity index (χ2v) is 9.35. The molecule has 0 saturated heterocycles. The van der Waals surface area contributed by atoms with Gasteiger partial charge in [0.15, 0.2) is 0 Å². The summed E-state index contributed by atoms with van der Waals surface area (Å²) in [5, 5.41) is 2.82. The van der Waals surface area contributed by atoms with Gasteiger partial charge in [-0.2, -0.15) is 13.5 Å². The number of rotatable bonds is 6. The Morgan fingerprint density at radius 2 is 1.71 bits per heavy atom. The summed E-state index contributed by atoms with van der Waals surface area (Å²) >= 11 is 0.937. The fraction of sp³-hybridized carbons (Fsp3) is 0.136. The van der Waals surface area contributed by atoms with Crippen LogP contribution in [0.1, 0.15) is 22.7 Å². The van der Waals surface area contributed by atoms with Crippen LogP contribution in [0.4, 0.5) is 5.69 Å². The van der Waals surface area contributed by atoms with Crippen molar-refractivity contribution >= 4 is 44.4 Å². The van der Waals surface area contributed by atoms with Crippen molar-refractivity contribution in [2.75, 3.05) is 5.32 Å². The minimum absolute atomic E-state index is 0.0151. The van der Waals surface area contributed by atoms with Crippen LogP contribution in [0.3, 0.4) is 0 Å². The Kier molecular flexibility index (Phi) is 5.81. The first kappa shape index (κ1) is 21.1. The van der Waals surface area contributed by atoms with Crippen molar-refractivity contribution in [3.63, 3.8) is 0 Å². The largest absolute Gasteiger partial charge is 0.324 e. The summed E-state index contributed by atoms with van der Waals surface area (Å²) in [5.74, 6) is -0.485. The summed E-state index contributed by atoms with van der Waals surface area (Å²) in [4.78, 5) is 13.2. The Balaban J connectivity index is 1.69. The molecule has 0 radical (unpaired) electrons. The first-order chi connectivity index (χ1) is 14.8. The van der Waals surface area contributed by atoms with Gasteiger partial charge in [0.05, 0.1) is 11.7 Å². The average molecular weight is 453 g/mol. The number of nitrogens with zero attached hydrogens (tertiary/aromatic N) is 2. The molecule has 7 nitrogen and oxygen atoms in total. The van der Waals surface area contributed by atoms with Crippen molar-refractivity contribution in [1.82, 2.24) is 13.5 Å². The Labute approximate surface area is 184 Å². The van der Waals surface area contributed by atoms with Crippen LogP contribution < -0.4 is 10.0 Å². The number of carbonyl (C=O) groups excluding carboxylic acids is 1. The second-order valence-electron chi connectivity index (χ2n) is 7.14. The van der Waals surface area contributed by atoms with Gasteiger partial charge in [0.2, 0.25) is 15.9 Å². The number of fused-ring (bicyclic) bond motifs is 1. The number of hydrogen-bond donors (Lipinski definition) is 2. The zero-order valence-corrected chi connectivity index (χ0v) is 18.5. The molecule has 1 aromatic heterocycles. The van der Waals surface area contributed by atoms with E-state index in [9.17, 15) is 13.2 Å². The number of aryl methyl sites for hydroxylation is 2. The summed E-state index contributed by atoms with van der Waals surface area (Å²) in [6.07, 6.45) is 0. The number of benzene rings is 3. The van der Waals surface area contributed by atoms with Gasteiger partial charge in [-0.15, -0.1) is 0 Å². The molecule has 1 atom stereocenters. The minimum Gasteiger partial charge on any atom is -0.324 e. The molecule has 31 heavy (non-hydrogen) atoms. The fourth-order valence-electron chi connectivity index (χ4n) is 3.17. The van der Waals surface area contributed by atoms with Crippen molar-refractivity contribution in [2.45, 2.75) is 24.8 Å². The lowest BCUT2D eigenvalue weighted by atomic mass is 10.1. The molecule has 0 saturated carbocycles. The molecule has 158 valence electrons. The van der Waals surface area contributed by atoms with Gasteiger partial charge in [-0.05, 0) is 54.8 Å². The number of amides is 1. The van der Waals surface area contributed by atoms with E-state index in [0.717, 1.165) is 22.9 Å². The van der Waals surface area contributed by atoms with Gasteiger partial charge in [-0.3, -0.25) is 4.79 Å². The van der Waals surface area contributed by atoms with Crippen molar-refractivity contribution in [3.8, 4) is 0 Å². The molecule has 3 aromatic carbocycles. The summed E-state index contributed by atoms with van der Waals surface area (Å²) < 4.78 is 37.2. The topological polar surface area (TPSA) is 101 Å². The molecule has 0 bridgehead atoms. The Morgan fingerprint density at radius 3 is 2.45 bits per heavy atom. The van der Waals surface area contributed by atoms with Crippen molar-refractivity contribution < 1.29 is 13.2 Å². The second kappa shape index (κ2) is 8.54. The molecular weight excluding hydrogens is 432 g/mol. The van der Waals surface area contributed by atoms with Crippen molar-refractivity contribution in [1.29, 1.82) is 0 Å². The van der Waals surface area contributed by atoms with Crippen LogP contribution in [0.25, 0.3) is 11.0 Å². The van der Waals surface area contributed by atoms with E-state index in [-0.39, 0.29) is 10.4 Å². The average Bonchev–Trinajstić information content (AvgIpc) is 3.24. The first-order valence-corrected chi connectivity index (χ1v) is 11.7. The number of hydrogen-bond acceptors (Lipinski definition) is 6.